The van der Waals surface area contributed by atoms with Crippen LogP contribution in [0.25, 0.3) is 10.8 Å². The third kappa shape index (κ3) is 3.15. The average molecular weight is 323 g/mol. The van der Waals surface area contributed by atoms with E-state index in [2.05, 4.69) is 0 Å². The van der Waals surface area contributed by atoms with Crippen LogP contribution in [-0.4, -0.2) is 36.0 Å². The molecule has 1 aliphatic heterocycles. The van der Waals surface area contributed by atoms with Crippen LogP contribution in [0.2, 0.25) is 0 Å². The lowest BCUT2D eigenvalue weighted by Crippen LogP contribution is -2.42. The van der Waals surface area contributed by atoms with Gasteiger partial charge < -0.3 is 16.0 Å². The Morgan fingerprint density at radius 1 is 1.12 bits per heavy atom. The van der Waals surface area contributed by atoms with Crippen molar-refractivity contribution in [3.63, 3.8) is 0 Å². The van der Waals surface area contributed by atoms with Crippen LogP contribution in [0, 0.1) is 11.3 Å². The number of piperidine rings is 1. The molecule has 24 heavy (non-hydrogen) atoms. The second-order valence-electron chi connectivity index (χ2n) is 6.24. The molecule has 0 aromatic heterocycles. The molecule has 3 rings (SSSR count). The molecule has 5 nitrogen and oxygen atoms in total. The third-order valence-corrected chi connectivity index (χ3v) is 4.80. The van der Waals surface area contributed by atoms with Gasteiger partial charge >= 0.3 is 0 Å². The van der Waals surface area contributed by atoms with E-state index in [1.807, 2.05) is 41.3 Å². The fourth-order valence-electron chi connectivity index (χ4n) is 3.35. The lowest BCUT2D eigenvalue weighted by Gasteiger charge is -2.30. The first-order valence-corrected chi connectivity index (χ1v) is 8.18. The predicted molar refractivity (Wildman–Crippen MR) is 94.0 cm³/mol. The lowest BCUT2D eigenvalue weighted by atomic mass is 9.95. The quantitative estimate of drug-likeness (QED) is 0.844. The van der Waals surface area contributed by atoms with Gasteiger partial charge in [0.15, 0.2) is 0 Å². The molecule has 1 heterocycles. The minimum Gasteiger partial charge on any atom is -0.369 e. The Bertz CT molecular complexity index is 792. The number of nitrogens with two attached hydrogens (primary N) is 1. The number of hydrogen-bond donors (Lipinski definition) is 2. The van der Waals surface area contributed by atoms with Crippen LogP contribution in [0.15, 0.2) is 36.4 Å². The molecule has 5 heteroatoms. The molecule has 0 aliphatic carbocycles. The van der Waals surface area contributed by atoms with Crippen molar-refractivity contribution in [1.82, 2.24) is 4.90 Å². The summed E-state index contributed by atoms with van der Waals surface area (Å²) in [6.45, 7) is 1.17. The summed E-state index contributed by atoms with van der Waals surface area (Å²) in [6.07, 6.45) is 2.96. The van der Waals surface area contributed by atoms with Gasteiger partial charge in [-0.3, -0.25) is 9.59 Å². The van der Waals surface area contributed by atoms with Crippen LogP contribution in [0.1, 0.15) is 24.0 Å². The van der Waals surface area contributed by atoms with Gasteiger partial charge in [0, 0.05) is 25.2 Å². The summed E-state index contributed by atoms with van der Waals surface area (Å²) < 4.78 is 0. The van der Waals surface area contributed by atoms with Crippen LogP contribution >= 0.6 is 0 Å². The van der Waals surface area contributed by atoms with Gasteiger partial charge in [0.1, 0.15) is 0 Å². The highest BCUT2D eigenvalue weighted by Crippen LogP contribution is 2.24. The number of nitrogens with one attached hydrogen (secondary N) is 1. The number of carbonyl (C=O) groups is 2. The van der Waals surface area contributed by atoms with Crippen molar-refractivity contribution in [1.29, 1.82) is 5.41 Å². The Kier molecular flexibility index (Phi) is 4.60. The molecular formula is C19H21N3O2. The number of nitrogens with zero attached hydrogens (tertiary/aromatic N) is 1. The van der Waals surface area contributed by atoms with Crippen molar-refractivity contribution in [2.24, 2.45) is 11.7 Å². The zero-order chi connectivity index (χ0) is 17.1. The zero-order valence-electron chi connectivity index (χ0n) is 13.5. The van der Waals surface area contributed by atoms with Gasteiger partial charge in [0.2, 0.25) is 11.8 Å². The van der Waals surface area contributed by atoms with E-state index >= 15 is 0 Å². The van der Waals surface area contributed by atoms with Gasteiger partial charge in [-0.05, 0) is 34.7 Å². The Hall–Kier alpha value is -2.69. The highest BCUT2D eigenvalue weighted by Gasteiger charge is 2.26. The van der Waals surface area contributed by atoms with Crippen LogP contribution in [-0.2, 0) is 16.0 Å². The first-order valence-electron chi connectivity index (χ1n) is 8.18. The Balaban J connectivity index is 1.77. The molecule has 0 saturated carbocycles. The predicted octanol–water partition coefficient (Wildman–Crippen LogP) is 2.10. The number of hydrogen-bond acceptors (Lipinski definition) is 3. The number of rotatable bonds is 4. The van der Waals surface area contributed by atoms with Gasteiger partial charge in [0.05, 0.1) is 6.42 Å². The molecule has 2 aromatic carbocycles. The second-order valence-corrected chi connectivity index (χ2v) is 6.24. The van der Waals surface area contributed by atoms with E-state index in [-0.39, 0.29) is 17.7 Å². The molecule has 0 radical (unpaired) electrons. The Morgan fingerprint density at radius 3 is 2.42 bits per heavy atom. The number of amides is 2. The minimum absolute atomic E-state index is 0.0747. The maximum atomic E-state index is 12.6. The summed E-state index contributed by atoms with van der Waals surface area (Å²) in [5.74, 6) is -0.303. The van der Waals surface area contributed by atoms with E-state index in [1.54, 1.807) is 0 Å². The topological polar surface area (TPSA) is 87.2 Å². The largest absolute Gasteiger partial charge is 0.369 e. The van der Waals surface area contributed by atoms with Crippen LogP contribution in [0.4, 0.5) is 0 Å². The summed E-state index contributed by atoms with van der Waals surface area (Å²) in [4.78, 5) is 25.7. The van der Waals surface area contributed by atoms with Crippen LogP contribution in [0.3, 0.4) is 0 Å². The molecule has 3 N–H and O–H groups in total. The molecule has 0 bridgehead atoms. The van der Waals surface area contributed by atoms with Crippen molar-refractivity contribution in [3.8, 4) is 0 Å². The SMILES string of the molecule is N=Cc1ccc(CC(=O)N2CCC(C(N)=O)CC2)c2ccccc12. The van der Waals surface area contributed by atoms with Crippen molar-refractivity contribution in [3.05, 3.63) is 47.5 Å². The summed E-state index contributed by atoms with van der Waals surface area (Å²) >= 11 is 0. The standard InChI is InChI=1S/C19H21N3O2/c20-12-15-6-5-14(16-3-1-2-4-17(15)16)11-18(23)22-9-7-13(8-10-22)19(21)24/h1-6,12-13,20H,7-11H2,(H2,21,24). The Labute approximate surface area is 140 Å². The average Bonchev–Trinajstić information content (AvgIpc) is 2.62. The molecule has 0 spiro atoms. The zero-order valence-corrected chi connectivity index (χ0v) is 13.5. The van der Waals surface area contributed by atoms with E-state index in [0.29, 0.717) is 32.4 Å². The molecule has 1 fully saturated rings. The monoisotopic (exact) mass is 323 g/mol. The summed E-state index contributed by atoms with van der Waals surface area (Å²) in [7, 11) is 0. The molecule has 2 amide bonds. The highest BCUT2D eigenvalue weighted by atomic mass is 16.2. The first-order chi connectivity index (χ1) is 11.6. The lowest BCUT2D eigenvalue weighted by molar-refractivity contribution is -0.134. The summed E-state index contributed by atoms with van der Waals surface area (Å²) in [6, 6.07) is 11.7. The van der Waals surface area contributed by atoms with Gasteiger partial charge in [-0.25, -0.2) is 0 Å². The second kappa shape index (κ2) is 6.83. The number of likely N-dealkylation sites (tertiary alicyclic amines) is 1. The fourth-order valence-corrected chi connectivity index (χ4v) is 3.35. The van der Waals surface area contributed by atoms with Crippen molar-refractivity contribution >= 4 is 28.8 Å². The number of carbonyl (C=O) groups excluding carboxylic acids is 2. The first kappa shape index (κ1) is 16.2. The van der Waals surface area contributed by atoms with Crippen molar-refractivity contribution in [2.45, 2.75) is 19.3 Å². The number of benzene rings is 2. The molecule has 1 saturated heterocycles. The number of primary amides is 1. The molecule has 0 atom stereocenters. The molecule has 124 valence electrons. The van der Waals surface area contributed by atoms with Crippen LogP contribution in [0.5, 0.6) is 0 Å². The van der Waals surface area contributed by atoms with E-state index in [4.69, 9.17) is 11.1 Å². The highest BCUT2D eigenvalue weighted by molar-refractivity contribution is 6.01. The normalized spacial score (nSPS) is 15.4. The third-order valence-electron chi connectivity index (χ3n) is 4.80. The number of fused-ring (bicyclic) bond motifs is 1. The van der Waals surface area contributed by atoms with Gasteiger partial charge in [0.25, 0.3) is 0 Å². The van der Waals surface area contributed by atoms with Gasteiger partial charge in [-0.1, -0.05) is 36.4 Å². The summed E-state index contributed by atoms with van der Waals surface area (Å²) in [5, 5.41) is 9.52. The van der Waals surface area contributed by atoms with E-state index in [0.717, 1.165) is 21.9 Å². The Morgan fingerprint density at radius 2 is 1.79 bits per heavy atom. The van der Waals surface area contributed by atoms with E-state index in [9.17, 15) is 9.59 Å². The van der Waals surface area contributed by atoms with Gasteiger partial charge in [-0.15, -0.1) is 0 Å². The van der Waals surface area contributed by atoms with E-state index in [1.165, 1.54) is 6.21 Å². The van der Waals surface area contributed by atoms with Crippen LogP contribution < -0.4 is 5.73 Å². The molecule has 1 aliphatic rings. The molecule has 0 unspecified atom stereocenters. The van der Waals surface area contributed by atoms with E-state index < -0.39 is 0 Å². The molecular weight excluding hydrogens is 302 g/mol. The minimum atomic E-state index is -0.268. The smallest absolute Gasteiger partial charge is 0.227 e. The van der Waals surface area contributed by atoms with Crippen molar-refractivity contribution < 1.29 is 9.59 Å². The fraction of sp³-hybridized carbons (Fsp3) is 0.316. The maximum Gasteiger partial charge on any atom is 0.227 e. The van der Waals surface area contributed by atoms with Crippen molar-refractivity contribution in [2.75, 3.05) is 13.1 Å². The summed E-state index contributed by atoms with van der Waals surface area (Å²) in [5.41, 5.74) is 7.16. The van der Waals surface area contributed by atoms with Gasteiger partial charge in [-0.2, -0.15) is 0 Å². The molecule has 2 aromatic rings. The maximum absolute atomic E-state index is 12.6.